The fraction of sp³-hybridized carbons (Fsp3) is 0.864. The van der Waals surface area contributed by atoms with E-state index >= 15 is 0 Å². The van der Waals surface area contributed by atoms with E-state index in [0.29, 0.717) is 11.8 Å². The molecule has 0 aromatic carbocycles. The van der Waals surface area contributed by atoms with Crippen molar-refractivity contribution >= 4 is 5.78 Å². The number of Topliss-reactive ketones (excluding diaryl/α,β-unsaturated/α-hetero) is 1. The molecule has 0 aromatic heterocycles. The smallest absolute Gasteiger partial charge is 0.180 e. The Hall–Kier alpha value is -0.830. The normalized spacial score (nSPS) is 24.4. The first kappa shape index (κ1) is 20.5. The molecule has 2 aliphatic rings. The lowest BCUT2D eigenvalue weighted by atomic mass is 9.75. The summed E-state index contributed by atoms with van der Waals surface area (Å²) in [5, 5.41) is 7.76. The highest BCUT2D eigenvalue weighted by molar-refractivity contribution is 6.04. The molecule has 1 saturated heterocycles. The van der Waals surface area contributed by atoms with E-state index in [9.17, 15) is 4.79 Å². The summed E-state index contributed by atoms with van der Waals surface area (Å²) >= 11 is 0. The molecule has 25 heavy (non-hydrogen) atoms. The number of rotatable bonds is 10. The fourth-order valence-corrected chi connectivity index (χ4v) is 5.40. The molecular weight excluding hydrogens is 308 g/mol. The third-order valence-corrected chi connectivity index (χ3v) is 6.14. The van der Waals surface area contributed by atoms with E-state index < -0.39 is 0 Å². The van der Waals surface area contributed by atoms with Gasteiger partial charge in [-0.25, -0.2) is 0 Å². The van der Waals surface area contributed by atoms with Crippen molar-refractivity contribution in [3.8, 4) is 0 Å². The van der Waals surface area contributed by atoms with Crippen LogP contribution in [0, 0.1) is 0 Å². The second kappa shape index (κ2) is 8.70. The zero-order valence-electron chi connectivity index (χ0n) is 17.3. The van der Waals surface area contributed by atoms with Crippen LogP contribution < -0.4 is 10.6 Å². The third-order valence-electron chi connectivity index (χ3n) is 6.14. The van der Waals surface area contributed by atoms with Gasteiger partial charge in [0.25, 0.3) is 0 Å². The van der Waals surface area contributed by atoms with Crippen LogP contribution in [-0.4, -0.2) is 22.9 Å². The Labute approximate surface area is 155 Å². The van der Waals surface area contributed by atoms with Crippen LogP contribution in [0.4, 0.5) is 0 Å². The van der Waals surface area contributed by atoms with Crippen LogP contribution in [0.1, 0.15) is 105 Å². The minimum absolute atomic E-state index is 0.185. The molecule has 144 valence electrons. The van der Waals surface area contributed by atoms with Crippen molar-refractivity contribution in [3.63, 3.8) is 0 Å². The van der Waals surface area contributed by atoms with E-state index in [2.05, 4.69) is 45.3 Å². The summed E-state index contributed by atoms with van der Waals surface area (Å²) in [6.45, 7) is 11.2. The van der Waals surface area contributed by atoms with Crippen molar-refractivity contribution < 1.29 is 4.79 Å². The van der Waals surface area contributed by atoms with E-state index in [0.717, 1.165) is 50.5 Å². The summed E-state index contributed by atoms with van der Waals surface area (Å²) < 4.78 is 0. The van der Waals surface area contributed by atoms with Gasteiger partial charge in [-0.15, -0.1) is 0 Å². The first-order chi connectivity index (χ1) is 12.0. The van der Waals surface area contributed by atoms with Crippen LogP contribution in [0.25, 0.3) is 0 Å². The van der Waals surface area contributed by atoms with Crippen LogP contribution in [0.5, 0.6) is 0 Å². The number of carbonyl (C=O) groups excluding carboxylic acids is 1. The van der Waals surface area contributed by atoms with Gasteiger partial charge in [-0.1, -0.05) is 66.7 Å². The van der Waals surface area contributed by atoms with Gasteiger partial charge in [0.05, 0.1) is 11.6 Å². The Morgan fingerprint density at radius 3 is 1.92 bits per heavy atom. The third kappa shape index (κ3) is 3.97. The van der Waals surface area contributed by atoms with Crippen LogP contribution in [0.3, 0.4) is 0 Å². The minimum Gasteiger partial charge on any atom is -0.381 e. The Balaban J connectivity index is 2.43. The lowest BCUT2D eigenvalue weighted by Gasteiger charge is -2.41. The van der Waals surface area contributed by atoms with Gasteiger partial charge in [0.2, 0.25) is 0 Å². The number of ketones is 1. The van der Waals surface area contributed by atoms with Gasteiger partial charge >= 0.3 is 0 Å². The van der Waals surface area contributed by atoms with E-state index in [1.807, 2.05) is 0 Å². The summed E-state index contributed by atoms with van der Waals surface area (Å²) in [5.41, 5.74) is 2.22. The monoisotopic (exact) mass is 348 g/mol. The molecule has 0 saturated carbocycles. The fourth-order valence-electron chi connectivity index (χ4n) is 5.40. The minimum atomic E-state index is -0.321. The lowest BCUT2D eigenvalue weighted by Crippen LogP contribution is -2.60. The predicted molar refractivity (Wildman–Crippen MR) is 107 cm³/mol. The summed E-state index contributed by atoms with van der Waals surface area (Å²) in [7, 11) is 0. The molecular formula is C22H40N2O. The van der Waals surface area contributed by atoms with Crippen LogP contribution in [0.2, 0.25) is 0 Å². The van der Waals surface area contributed by atoms with Gasteiger partial charge < -0.3 is 5.32 Å². The van der Waals surface area contributed by atoms with E-state index in [1.54, 1.807) is 0 Å². The van der Waals surface area contributed by atoms with Gasteiger partial charge in [0.15, 0.2) is 5.78 Å². The maximum atomic E-state index is 13.5. The zero-order chi connectivity index (χ0) is 18.5. The standard InChI is InChI=1S/C22H40N2O/c1-6-11-17-19-18(16-21(24-19,12-7-2)13-8-3)23-22(14-9-4,15-10-5)20(17)25/h18,23-24H,6-16H2,1-5H3. The van der Waals surface area contributed by atoms with Gasteiger partial charge in [-0.05, 0) is 38.5 Å². The van der Waals surface area contributed by atoms with Crippen molar-refractivity contribution in [2.24, 2.45) is 0 Å². The molecule has 0 aromatic rings. The maximum absolute atomic E-state index is 13.5. The summed E-state index contributed by atoms with van der Waals surface area (Å²) in [5.74, 6) is 0.389. The zero-order valence-corrected chi connectivity index (χ0v) is 17.3. The second-order valence-corrected chi connectivity index (χ2v) is 8.36. The van der Waals surface area contributed by atoms with Crippen molar-refractivity contribution in [1.29, 1.82) is 0 Å². The van der Waals surface area contributed by atoms with Crippen LogP contribution in [0.15, 0.2) is 11.3 Å². The van der Waals surface area contributed by atoms with Crippen molar-refractivity contribution in [3.05, 3.63) is 11.3 Å². The van der Waals surface area contributed by atoms with Crippen LogP contribution >= 0.6 is 0 Å². The molecule has 3 nitrogen and oxygen atoms in total. The molecule has 1 fully saturated rings. The molecule has 2 rings (SSSR count). The van der Waals surface area contributed by atoms with E-state index in [-0.39, 0.29) is 11.1 Å². The van der Waals surface area contributed by atoms with Crippen molar-refractivity contribution in [2.45, 2.75) is 122 Å². The lowest BCUT2D eigenvalue weighted by molar-refractivity contribution is -0.123. The van der Waals surface area contributed by atoms with Gasteiger partial charge in [-0.2, -0.15) is 0 Å². The molecule has 2 N–H and O–H groups in total. The van der Waals surface area contributed by atoms with Crippen molar-refractivity contribution in [2.75, 3.05) is 0 Å². The van der Waals surface area contributed by atoms with Crippen molar-refractivity contribution in [1.82, 2.24) is 10.6 Å². The second-order valence-electron chi connectivity index (χ2n) is 8.36. The molecule has 2 aliphatic heterocycles. The largest absolute Gasteiger partial charge is 0.381 e. The number of carbonyl (C=O) groups is 1. The molecule has 2 heterocycles. The molecule has 1 unspecified atom stereocenters. The summed E-state index contributed by atoms with van der Waals surface area (Å²) in [6.07, 6.45) is 11.9. The molecule has 0 bridgehead atoms. The van der Waals surface area contributed by atoms with Crippen LogP contribution in [-0.2, 0) is 4.79 Å². The van der Waals surface area contributed by atoms with Gasteiger partial charge in [0, 0.05) is 16.8 Å². The quantitative estimate of drug-likeness (QED) is 0.566. The number of hydrogen-bond acceptors (Lipinski definition) is 3. The van der Waals surface area contributed by atoms with Gasteiger partial charge in [-0.3, -0.25) is 10.1 Å². The Morgan fingerprint density at radius 2 is 1.44 bits per heavy atom. The first-order valence-electron chi connectivity index (χ1n) is 10.8. The Morgan fingerprint density at radius 1 is 0.880 bits per heavy atom. The number of nitrogens with one attached hydrogen (secondary N) is 2. The van der Waals surface area contributed by atoms with E-state index in [1.165, 1.54) is 31.4 Å². The Kier molecular flexibility index (Phi) is 7.13. The highest BCUT2D eigenvalue weighted by atomic mass is 16.1. The molecule has 0 amide bonds. The molecule has 0 spiro atoms. The average Bonchev–Trinajstić information content (AvgIpc) is 2.90. The Bertz CT molecular complexity index is 482. The SMILES string of the molecule is CCCC1=C2NC(CCC)(CCC)CC2NC(CCC)(CCC)C1=O. The van der Waals surface area contributed by atoms with E-state index in [4.69, 9.17) is 0 Å². The van der Waals surface area contributed by atoms with Gasteiger partial charge in [0.1, 0.15) is 0 Å². The molecule has 1 atom stereocenters. The topological polar surface area (TPSA) is 41.1 Å². The summed E-state index contributed by atoms with van der Waals surface area (Å²) in [6, 6.07) is 0.343. The maximum Gasteiger partial charge on any atom is 0.180 e. The number of fused-ring (bicyclic) bond motifs is 1. The molecule has 0 aliphatic carbocycles. The first-order valence-corrected chi connectivity index (χ1v) is 10.8. The highest BCUT2D eigenvalue weighted by Crippen LogP contribution is 2.42. The number of hydrogen-bond donors (Lipinski definition) is 2. The highest BCUT2D eigenvalue weighted by Gasteiger charge is 2.51. The summed E-state index contributed by atoms with van der Waals surface area (Å²) in [4.78, 5) is 13.5. The predicted octanol–water partition coefficient (Wildman–Crippen LogP) is 5.25. The molecule has 0 radical (unpaired) electrons. The molecule has 3 heteroatoms. The average molecular weight is 349 g/mol.